The van der Waals surface area contributed by atoms with Gasteiger partial charge in [0.25, 0.3) is 0 Å². The van der Waals surface area contributed by atoms with Crippen LogP contribution in [0.2, 0.25) is 0 Å². The van der Waals surface area contributed by atoms with Crippen LogP contribution in [0, 0.1) is 0 Å². The Balaban J connectivity index is 1.59. The molecule has 4 nitrogen and oxygen atoms in total. The minimum atomic E-state index is 0.109. The highest BCUT2D eigenvalue weighted by molar-refractivity contribution is 5.32. The zero-order valence-corrected chi connectivity index (χ0v) is 12.2. The predicted molar refractivity (Wildman–Crippen MR) is 79.3 cm³/mol. The van der Waals surface area contributed by atoms with E-state index in [0.29, 0.717) is 18.6 Å². The first kappa shape index (κ1) is 15.3. The number of hydrogen-bond acceptors (Lipinski definition) is 4. The van der Waals surface area contributed by atoms with E-state index in [1.165, 1.54) is 18.4 Å². The van der Waals surface area contributed by atoms with Gasteiger partial charge in [-0.3, -0.25) is 0 Å². The third kappa shape index (κ3) is 4.47. The molecule has 0 saturated heterocycles. The minimum Gasteiger partial charge on any atom is -0.497 e. The Hall–Kier alpha value is -1.10. The SMILES string of the molecule is COc1cccc(C2CC(NCCCOCCO)C2)c1. The fraction of sp³-hybridized carbons (Fsp3) is 0.625. The second-order valence-electron chi connectivity index (χ2n) is 5.29. The number of methoxy groups -OCH3 is 1. The fourth-order valence-electron chi connectivity index (χ4n) is 2.60. The summed E-state index contributed by atoms with van der Waals surface area (Å²) in [6.45, 7) is 2.26. The standard InChI is InChI=1S/C16H25NO3/c1-19-16-5-2-4-13(12-16)14-10-15(11-14)17-6-3-8-20-9-7-18/h2,4-5,12,14-15,17-18H,3,6-11H2,1H3. The van der Waals surface area contributed by atoms with Crippen LogP contribution in [0.5, 0.6) is 5.75 Å². The normalized spacial score (nSPS) is 21.5. The summed E-state index contributed by atoms with van der Waals surface area (Å²) in [6.07, 6.45) is 3.40. The second kappa shape index (κ2) is 8.25. The third-order valence-corrected chi connectivity index (χ3v) is 3.84. The maximum Gasteiger partial charge on any atom is 0.119 e. The molecule has 0 aliphatic heterocycles. The molecule has 1 aromatic carbocycles. The fourth-order valence-corrected chi connectivity index (χ4v) is 2.60. The number of benzene rings is 1. The quantitative estimate of drug-likeness (QED) is 0.678. The lowest BCUT2D eigenvalue weighted by Gasteiger charge is -2.36. The van der Waals surface area contributed by atoms with Crippen LogP contribution in [0.25, 0.3) is 0 Å². The van der Waals surface area contributed by atoms with Crippen LogP contribution in [-0.2, 0) is 4.74 Å². The summed E-state index contributed by atoms with van der Waals surface area (Å²) in [4.78, 5) is 0. The van der Waals surface area contributed by atoms with E-state index in [2.05, 4.69) is 23.5 Å². The van der Waals surface area contributed by atoms with E-state index in [9.17, 15) is 0 Å². The van der Waals surface area contributed by atoms with Crippen molar-refractivity contribution in [1.29, 1.82) is 0 Å². The lowest BCUT2D eigenvalue weighted by atomic mass is 9.76. The molecule has 0 radical (unpaired) electrons. The highest BCUT2D eigenvalue weighted by Crippen LogP contribution is 2.37. The molecule has 4 heteroatoms. The van der Waals surface area contributed by atoms with Gasteiger partial charge in [0.05, 0.1) is 20.3 Å². The first-order valence-electron chi connectivity index (χ1n) is 7.39. The Morgan fingerprint density at radius 1 is 1.30 bits per heavy atom. The average molecular weight is 279 g/mol. The van der Waals surface area contributed by atoms with E-state index >= 15 is 0 Å². The highest BCUT2D eigenvalue weighted by atomic mass is 16.5. The van der Waals surface area contributed by atoms with E-state index in [1.54, 1.807) is 7.11 Å². The molecule has 0 spiro atoms. The Bertz CT molecular complexity index is 391. The molecule has 20 heavy (non-hydrogen) atoms. The average Bonchev–Trinajstić information content (AvgIpc) is 2.44. The molecule has 0 unspecified atom stereocenters. The molecule has 0 amide bonds. The Morgan fingerprint density at radius 3 is 2.90 bits per heavy atom. The summed E-state index contributed by atoms with van der Waals surface area (Å²) < 4.78 is 10.5. The van der Waals surface area contributed by atoms with E-state index in [4.69, 9.17) is 14.6 Å². The second-order valence-corrected chi connectivity index (χ2v) is 5.29. The van der Waals surface area contributed by atoms with Crippen LogP contribution < -0.4 is 10.1 Å². The lowest BCUT2D eigenvalue weighted by Crippen LogP contribution is -2.40. The molecule has 112 valence electrons. The molecule has 2 N–H and O–H groups in total. The molecule has 0 aromatic heterocycles. The number of nitrogens with one attached hydrogen (secondary N) is 1. The largest absolute Gasteiger partial charge is 0.497 e. The molecule has 0 bridgehead atoms. The Labute approximate surface area is 121 Å². The van der Waals surface area contributed by atoms with Crippen molar-refractivity contribution in [1.82, 2.24) is 5.32 Å². The van der Waals surface area contributed by atoms with Crippen LogP contribution in [0.1, 0.15) is 30.7 Å². The van der Waals surface area contributed by atoms with Crippen molar-refractivity contribution in [2.24, 2.45) is 0 Å². The topological polar surface area (TPSA) is 50.7 Å². The molecule has 1 aliphatic rings. The monoisotopic (exact) mass is 279 g/mol. The number of ether oxygens (including phenoxy) is 2. The lowest BCUT2D eigenvalue weighted by molar-refractivity contribution is 0.0897. The van der Waals surface area contributed by atoms with Crippen molar-refractivity contribution >= 4 is 0 Å². The van der Waals surface area contributed by atoms with Crippen molar-refractivity contribution in [3.05, 3.63) is 29.8 Å². The maximum absolute atomic E-state index is 8.58. The number of aliphatic hydroxyl groups excluding tert-OH is 1. The van der Waals surface area contributed by atoms with Crippen LogP contribution in [-0.4, -0.2) is 44.6 Å². The molecule has 2 rings (SSSR count). The Kier molecular flexibility index (Phi) is 6.30. The van der Waals surface area contributed by atoms with Gasteiger partial charge in [-0.2, -0.15) is 0 Å². The van der Waals surface area contributed by atoms with E-state index < -0.39 is 0 Å². The van der Waals surface area contributed by atoms with Crippen molar-refractivity contribution in [2.75, 3.05) is 33.5 Å². The van der Waals surface area contributed by atoms with E-state index in [1.807, 2.05) is 6.07 Å². The molecule has 0 atom stereocenters. The molecule has 1 aliphatic carbocycles. The third-order valence-electron chi connectivity index (χ3n) is 3.84. The highest BCUT2D eigenvalue weighted by Gasteiger charge is 2.29. The van der Waals surface area contributed by atoms with Crippen molar-refractivity contribution in [3.63, 3.8) is 0 Å². The van der Waals surface area contributed by atoms with Crippen LogP contribution in [0.4, 0.5) is 0 Å². The predicted octanol–water partition coefficient (Wildman–Crippen LogP) is 1.93. The van der Waals surface area contributed by atoms with Crippen molar-refractivity contribution in [3.8, 4) is 5.75 Å². The molecular weight excluding hydrogens is 254 g/mol. The summed E-state index contributed by atoms with van der Waals surface area (Å²) in [5.74, 6) is 1.60. The first-order chi connectivity index (χ1) is 9.83. The summed E-state index contributed by atoms with van der Waals surface area (Å²) in [5.41, 5.74) is 1.38. The summed E-state index contributed by atoms with van der Waals surface area (Å²) in [6, 6.07) is 9.01. The van der Waals surface area contributed by atoms with Gasteiger partial charge in [0.15, 0.2) is 0 Å². The summed E-state index contributed by atoms with van der Waals surface area (Å²) in [7, 11) is 1.71. The maximum atomic E-state index is 8.58. The van der Waals surface area contributed by atoms with E-state index in [-0.39, 0.29) is 6.61 Å². The van der Waals surface area contributed by atoms with Crippen LogP contribution in [0.3, 0.4) is 0 Å². The van der Waals surface area contributed by atoms with Gasteiger partial charge < -0.3 is 19.9 Å². The van der Waals surface area contributed by atoms with Gasteiger partial charge in [-0.05, 0) is 49.4 Å². The molecule has 0 heterocycles. The Morgan fingerprint density at radius 2 is 2.15 bits per heavy atom. The van der Waals surface area contributed by atoms with Gasteiger partial charge in [0.1, 0.15) is 5.75 Å². The molecule has 1 aromatic rings. The zero-order valence-electron chi connectivity index (χ0n) is 12.2. The van der Waals surface area contributed by atoms with Gasteiger partial charge >= 0.3 is 0 Å². The molecule has 1 fully saturated rings. The van der Waals surface area contributed by atoms with Gasteiger partial charge in [-0.15, -0.1) is 0 Å². The molecular formula is C16H25NO3. The smallest absolute Gasteiger partial charge is 0.119 e. The van der Waals surface area contributed by atoms with Crippen molar-refractivity contribution < 1.29 is 14.6 Å². The number of hydrogen-bond donors (Lipinski definition) is 2. The van der Waals surface area contributed by atoms with Gasteiger partial charge in [0, 0.05) is 12.6 Å². The van der Waals surface area contributed by atoms with Crippen molar-refractivity contribution in [2.45, 2.75) is 31.2 Å². The van der Waals surface area contributed by atoms with Crippen LogP contribution in [0.15, 0.2) is 24.3 Å². The zero-order chi connectivity index (χ0) is 14.2. The number of rotatable bonds is 9. The van der Waals surface area contributed by atoms with Gasteiger partial charge in [-0.25, -0.2) is 0 Å². The van der Waals surface area contributed by atoms with Gasteiger partial charge in [0.2, 0.25) is 0 Å². The number of aliphatic hydroxyl groups is 1. The summed E-state index contributed by atoms with van der Waals surface area (Å²) in [5, 5.41) is 12.1. The van der Waals surface area contributed by atoms with Gasteiger partial charge in [-0.1, -0.05) is 12.1 Å². The van der Waals surface area contributed by atoms with Crippen LogP contribution >= 0.6 is 0 Å². The minimum absolute atomic E-state index is 0.109. The first-order valence-corrected chi connectivity index (χ1v) is 7.39. The van der Waals surface area contributed by atoms with E-state index in [0.717, 1.165) is 25.3 Å². The summed E-state index contributed by atoms with van der Waals surface area (Å²) >= 11 is 0. The molecule has 1 saturated carbocycles.